The maximum atomic E-state index is 13.0. The van der Waals surface area contributed by atoms with E-state index in [0.717, 1.165) is 43.7 Å². The van der Waals surface area contributed by atoms with E-state index in [1.807, 2.05) is 0 Å². The Balaban J connectivity index is 1.25. The highest BCUT2D eigenvalue weighted by Crippen LogP contribution is 2.28. The van der Waals surface area contributed by atoms with Crippen LogP contribution >= 0.6 is 0 Å². The highest BCUT2D eigenvalue weighted by Gasteiger charge is 2.16. The molecule has 0 spiro atoms. The SMILES string of the molecule is O=C(NCCCCCc1nc2ccccc2n1CCC1CCCCC1)c1ccc(F)cc1. The maximum absolute atomic E-state index is 13.0. The molecule has 1 fully saturated rings. The minimum atomic E-state index is -0.327. The quantitative estimate of drug-likeness (QED) is 0.381. The molecular weight excluding hydrogens is 401 g/mol. The summed E-state index contributed by atoms with van der Waals surface area (Å²) in [6.07, 6.45) is 12.2. The van der Waals surface area contributed by atoms with Crippen LogP contribution < -0.4 is 5.32 Å². The van der Waals surface area contributed by atoms with Crippen LogP contribution in [0.3, 0.4) is 0 Å². The van der Waals surface area contributed by atoms with Gasteiger partial charge in [-0.3, -0.25) is 4.79 Å². The maximum Gasteiger partial charge on any atom is 0.251 e. The number of imidazole rings is 1. The minimum absolute atomic E-state index is 0.144. The van der Waals surface area contributed by atoms with E-state index in [1.54, 1.807) is 0 Å². The van der Waals surface area contributed by atoms with Gasteiger partial charge in [-0.2, -0.15) is 0 Å². The van der Waals surface area contributed by atoms with Crippen molar-refractivity contribution in [1.29, 1.82) is 0 Å². The molecule has 1 amide bonds. The molecule has 1 N–H and O–H groups in total. The summed E-state index contributed by atoms with van der Waals surface area (Å²) in [7, 11) is 0. The number of halogens is 1. The minimum Gasteiger partial charge on any atom is -0.352 e. The number of aromatic nitrogens is 2. The first-order valence-electron chi connectivity index (χ1n) is 12.2. The van der Waals surface area contributed by atoms with Gasteiger partial charge in [0, 0.05) is 25.1 Å². The second-order valence-electron chi connectivity index (χ2n) is 9.03. The molecule has 1 saturated carbocycles. The smallest absolute Gasteiger partial charge is 0.251 e. The summed E-state index contributed by atoms with van der Waals surface area (Å²) in [6.45, 7) is 1.70. The number of unbranched alkanes of at least 4 members (excludes halogenated alkanes) is 2. The summed E-state index contributed by atoms with van der Waals surface area (Å²) >= 11 is 0. The molecule has 2 aromatic carbocycles. The van der Waals surface area contributed by atoms with E-state index in [0.29, 0.717) is 12.1 Å². The lowest BCUT2D eigenvalue weighted by atomic mass is 9.87. The van der Waals surface area contributed by atoms with Crippen molar-refractivity contribution in [3.63, 3.8) is 0 Å². The Morgan fingerprint density at radius 2 is 1.78 bits per heavy atom. The molecule has 4 rings (SSSR count). The molecule has 0 bridgehead atoms. The molecular formula is C27H34FN3O. The molecule has 0 unspecified atom stereocenters. The van der Waals surface area contributed by atoms with Crippen molar-refractivity contribution in [1.82, 2.24) is 14.9 Å². The number of aryl methyl sites for hydroxylation is 2. The van der Waals surface area contributed by atoms with Crippen LogP contribution in [-0.4, -0.2) is 22.0 Å². The van der Waals surface area contributed by atoms with Gasteiger partial charge in [-0.1, -0.05) is 50.7 Å². The van der Waals surface area contributed by atoms with Crippen molar-refractivity contribution in [3.05, 3.63) is 65.7 Å². The Kier molecular flexibility index (Phi) is 7.92. The number of nitrogens with zero attached hydrogens (tertiary/aromatic N) is 2. The molecule has 1 aliphatic carbocycles. The van der Waals surface area contributed by atoms with E-state index in [-0.39, 0.29) is 11.7 Å². The summed E-state index contributed by atoms with van der Waals surface area (Å²) in [5.74, 6) is 1.58. The first-order chi connectivity index (χ1) is 15.7. The Hall–Kier alpha value is -2.69. The van der Waals surface area contributed by atoms with Gasteiger partial charge >= 0.3 is 0 Å². The van der Waals surface area contributed by atoms with E-state index >= 15 is 0 Å². The number of carbonyl (C=O) groups is 1. The molecule has 5 heteroatoms. The zero-order valence-electron chi connectivity index (χ0n) is 18.9. The molecule has 1 aromatic heterocycles. The number of rotatable bonds is 10. The second-order valence-corrected chi connectivity index (χ2v) is 9.03. The molecule has 0 radical (unpaired) electrons. The van der Waals surface area contributed by atoms with E-state index in [4.69, 9.17) is 4.98 Å². The molecule has 0 aliphatic heterocycles. The number of amides is 1. The molecule has 1 heterocycles. The van der Waals surface area contributed by atoms with Crippen LogP contribution in [0.25, 0.3) is 11.0 Å². The van der Waals surface area contributed by atoms with Gasteiger partial charge in [0.25, 0.3) is 5.91 Å². The van der Waals surface area contributed by atoms with E-state index in [2.05, 4.69) is 34.1 Å². The average molecular weight is 436 g/mol. The Morgan fingerprint density at radius 1 is 1.00 bits per heavy atom. The number of fused-ring (bicyclic) bond motifs is 1. The van der Waals surface area contributed by atoms with Crippen molar-refractivity contribution in [2.45, 2.75) is 70.8 Å². The number of hydrogen-bond donors (Lipinski definition) is 1. The van der Waals surface area contributed by atoms with E-state index in [9.17, 15) is 9.18 Å². The van der Waals surface area contributed by atoms with Gasteiger partial charge < -0.3 is 9.88 Å². The lowest BCUT2D eigenvalue weighted by Crippen LogP contribution is -2.24. The summed E-state index contributed by atoms with van der Waals surface area (Å²) in [4.78, 5) is 17.0. The molecule has 4 nitrogen and oxygen atoms in total. The highest BCUT2D eigenvalue weighted by atomic mass is 19.1. The van der Waals surface area contributed by atoms with Crippen LogP contribution in [0.15, 0.2) is 48.5 Å². The van der Waals surface area contributed by atoms with Gasteiger partial charge in [-0.15, -0.1) is 0 Å². The number of hydrogen-bond acceptors (Lipinski definition) is 2. The van der Waals surface area contributed by atoms with Crippen LogP contribution in [0.2, 0.25) is 0 Å². The molecule has 0 saturated heterocycles. The monoisotopic (exact) mass is 435 g/mol. The predicted molar refractivity (Wildman–Crippen MR) is 127 cm³/mol. The van der Waals surface area contributed by atoms with Crippen molar-refractivity contribution < 1.29 is 9.18 Å². The van der Waals surface area contributed by atoms with Crippen LogP contribution in [0.1, 0.15) is 74.0 Å². The molecule has 170 valence electrons. The summed E-state index contributed by atoms with van der Waals surface area (Å²) < 4.78 is 15.4. The normalized spacial score (nSPS) is 14.7. The number of carbonyl (C=O) groups excluding carboxylic acids is 1. The lowest BCUT2D eigenvalue weighted by Gasteiger charge is -2.22. The third kappa shape index (κ3) is 5.96. The zero-order chi connectivity index (χ0) is 22.2. The standard InChI is InChI=1S/C27H34FN3O/c28-23-16-14-22(15-17-23)27(32)29-19-8-2-5-13-26-30-24-11-6-7-12-25(24)31(26)20-18-21-9-3-1-4-10-21/h6-7,11-12,14-17,21H,1-5,8-10,13,18-20H2,(H,29,32). The molecule has 0 atom stereocenters. The van der Waals surface area contributed by atoms with Crippen LogP contribution in [0.5, 0.6) is 0 Å². The lowest BCUT2D eigenvalue weighted by molar-refractivity contribution is 0.0953. The molecule has 32 heavy (non-hydrogen) atoms. The van der Waals surface area contributed by atoms with Crippen molar-refractivity contribution >= 4 is 16.9 Å². The topological polar surface area (TPSA) is 46.9 Å². The second kappa shape index (κ2) is 11.3. The van der Waals surface area contributed by atoms with Gasteiger partial charge in [0.2, 0.25) is 0 Å². The number of nitrogens with one attached hydrogen (secondary N) is 1. The van der Waals surface area contributed by atoms with Gasteiger partial charge in [-0.25, -0.2) is 9.37 Å². The zero-order valence-corrected chi connectivity index (χ0v) is 18.9. The first kappa shape index (κ1) is 22.5. The molecule has 1 aliphatic rings. The van der Waals surface area contributed by atoms with Crippen molar-refractivity contribution in [2.24, 2.45) is 5.92 Å². The fraction of sp³-hybridized carbons (Fsp3) is 0.481. The first-order valence-corrected chi connectivity index (χ1v) is 12.2. The Bertz CT molecular complexity index is 1010. The predicted octanol–water partition coefficient (Wildman–Crippen LogP) is 6.29. The largest absolute Gasteiger partial charge is 0.352 e. The third-order valence-corrected chi connectivity index (χ3v) is 6.69. The van der Waals surface area contributed by atoms with E-state index < -0.39 is 0 Å². The van der Waals surface area contributed by atoms with Gasteiger partial charge in [0.05, 0.1) is 11.0 Å². The van der Waals surface area contributed by atoms with Gasteiger partial charge in [0.1, 0.15) is 11.6 Å². The van der Waals surface area contributed by atoms with E-state index in [1.165, 1.54) is 74.1 Å². The molecule has 3 aromatic rings. The fourth-order valence-corrected chi connectivity index (χ4v) is 4.84. The van der Waals surface area contributed by atoms with Crippen LogP contribution in [-0.2, 0) is 13.0 Å². The van der Waals surface area contributed by atoms with Crippen molar-refractivity contribution in [3.8, 4) is 0 Å². The van der Waals surface area contributed by atoms with Crippen LogP contribution in [0, 0.1) is 11.7 Å². The van der Waals surface area contributed by atoms with Crippen molar-refractivity contribution in [2.75, 3.05) is 6.54 Å². The highest BCUT2D eigenvalue weighted by molar-refractivity contribution is 5.94. The third-order valence-electron chi connectivity index (χ3n) is 6.69. The van der Waals surface area contributed by atoms with Gasteiger partial charge in [0.15, 0.2) is 0 Å². The Labute approximate surface area is 190 Å². The van der Waals surface area contributed by atoms with Crippen LogP contribution in [0.4, 0.5) is 4.39 Å². The van der Waals surface area contributed by atoms with Gasteiger partial charge in [-0.05, 0) is 61.6 Å². The summed E-state index contributed by atoms with van der Waals surface area (Å²) in [5, 5.41) is 2.92. The number of benzene rings is 2. The Morgan fingerprint density at radius 3 is 2.59 bits per heavy atom. The number of para-hydroxylation sites is 2. The summed E-state index contributed by atoms with van der Waals surface area (Å²) in [5.41, 5.74) is 2.85. The fourth-order valence-electron chi connectivity index (χ4n) is 4.84. The summed E-state index contributed by atoms with van der Waals surface area (Å²) in [6, 6.07) is 14.1. The average Bonchev–Trinajstić information content (AvgIpc) is 3.18.